The average molecular weight is 606 g/mol. The predicted octanol–water partition coefficient (Wildman–Crippen LogP) is 3.29. The molecule has 3 atom stereocenters. The van der Waals surface area contributed by atoms with E-state index in [1.807, 2.05) is 0 Å². The van der Waals surface area contributed by atoms with E-state index >= 15 is 0 Å². The summed E-state index contributed by atoms with van der Waals surface area (Å²) in [5, 5.41) is 9.17. The lowest BCUT2D eigenvalue weighted by Crippen LogP contribution is -2.43. The molecule has 1 aromatic heterocycles. The first kappa shape index (κ1) is 27.5. The molecule has 0 bridgehead atoms. The average Bonchev–Trinajstić information content (AvgIpc) is 3.39. The van der Waals surface area contributed by atoms with Crippen molar-refractivity contribution in [2.75, 3.05) is 31.2 Å². The summed E-state index contributed by atoms with van der Waals surface area (Å²) in [5.74, 6) is -3.55. The molecule has 3 amide bonds. The Bertz CT molecular complexity index is 1600. The van der Waals surface area contributed by atoms with Gasteiger partial charge in [-0.15, -0.1) is 0 Å². The van der Waals surface area contributed by atoms with Gasteiger partial charge in [-0.25, -0.2) is 4.90 Å². The van der Waals surface area contributed by atoms with Crippen molar-refractivity contribution in [3.8, 4) is 5.75 Å². The van der Waals surface area contributed by atoms with Crippen LogP contribution in [0.25, 0.3) is 0 Å². The predicted molar refractivity (Wildman–Crippen MR) is 143 cm³/mol. The number of benzene rings is 2. The Kier molecular flexibility index (Phi) is 6.94. The fraction of sp³-hybridized carbons (Fsp3) is 0.333. The van der Waals surface area contributed by atoms with Crippen molar-refractivity contribution in [3.05, 3.63) is 74.2 Å². The minimum absolute atomic E-state index is 0.0306. The molecule has 3 aromatic rings. The molecule has 2 fully saturated rings. The quantitative estimate of drug-likeness (QED) is 0.455. The van der Waals surface area contributed by atoms with E-state index in [1.54, 1.807) is 17.0 Å². The van der Waals surface area contributed by atoms with Gasteiger partial charge < -0.3 is 14.7 Å². The smallest absolute Gasteiger partial charge is 0.416 e. The second-order valence-corrected chi connectivity index (χ2v) is 11.9. The van der Waals surface area contributed by atoms with Crippen molar-refractivity contribution in [2.45, 2.75) is 28.9 Å². The maximum absolute atomic E-state index is 13.9. The first-order valence-corrected chi connectivity index (χ1v) is 14.3. The number of thiazole rings is 1. The molecular formula is C27H22F3N3O6S2. The summed E-state index contributed by atoms with van der Waals surface area (Å²) in [6.45, 7) is 1.26. The molecule has 0 aliphatic carbocycles. The highest BCUT2D eigenvalue weighted by atomic mass is 32.2. The number of hydrogen-bond acceptors (Lipinski definition) is 8. The number of aromatic nitrogens is 1. The number of amides is 3. The van der Waals surface area contributed by atoms with Crippen molar-refractivity contribution in [1.29, 1.82) is 0 Å². The second-order valence-electron chi connectivity index (χ2n) is 9.81. The van der Waals surface area contributed by atoms with Crippen LogP contribution in [0.2, 0.25) is 0 Å². The van der Waals surface area contributed by atoms with E-state index in [4.69, 9.17) is 4.74 Å². The van der Waals surface area contributed by atoms with Gasteiger partial charge in [0.25, 0.3) is 0 Å². The number of ether oxygens (including phenoxy) is 1. The molecule has 6 rings (SSSR count). The Morgan fingerprint density at radius 1 is 1.02 bits per heavy atom. The number of thioether (sulfide) groups is 1. The fourth-order valence-electron chi connectivity index (χ4n) is 5.42. The topological polar surface area (TPSA) is 109 Å². The highest BCUT2D eigenvalue weighted by Gasteiger charge is 2.57. The minimum atomic E-state index is -4.68. The third-order valence-electron chi connectivity index (χ3n) is 7.39. The number of alkyl halides is 3. The number of aromatic hydroxyl groups is 1. The SMILES string of the molecule is O=C(Cn1c2c(sc1=O)C(c1ccc(O)cc1)C1C(=O)N(c3cccc(C(F)(F)F)c3)C(=O)C1S2)N1CCOCC1. The largest absolute Gasteiger partial charge is 0.508 e. The van der Waals surface area contributed by atoms with Gasteiger partial charge in [-0.2, -0.15) is 13.2 Å². The lowest BCUT2D eigenvalue weighted by atomic mass is 9.83. The molecule has 2 aromatic carbocycles. The number of morpholine rings is 1. The van der Waals surface area contributed by atoms with Crippen LogP contribution in [-0.4, -0.2) is 63.8 Å². The fourth-order valence-corrected chi connectivity index (χ4v) is 8.19. The van der Waals surface area contributed by atoms with Gasteiger partial charge in [0.2, 0.25) is 17.7 Å². The van der Waals surface area contributed by atoms with Crippen LogP contribution < -0.4 is 9.77 Å². The van der Waals surface area contributed by atoms with Crippen molar-refractivity contribution in [1.82, 2.24) is 9.47 Å². The summed E-state index contributed by atoms with van der Waals surface area (Å²) in [7, 11) is 0. The number of phenolic OH excluding ortho intramolecular Hbond substituents is 1. The summed E-state index contributed by atoms with van der Waals surface area (Å²) < 4.78 is 46.9. The van der Waals surface area contributed by atoms with Gasteiger partial charge in [0.05, 0.1) is 35.4 Å². The standard InChI is InChI=1S/C27H22F3N3O6S2/c28-27(29,30)15-2-1-3-16(12-15)33-23(36)20-19(14-4-6-17(34)7-5-14)22-25(40-21(20)24(33)37)32(26(38)41-22)13-18(35)31-8-10-39-11-9-31/h1-7,12,19-21,34H,8-11,13H2. The molecule has 41 heavy (non-hydrogen) atoms. The van der Waals surface area contributed by atoms with Gasteiger partial charge in [0, 0.05) is 23.9 Å². The molecule has 9 nitrogen and oxygen atoms in total. The highest BCUT2D eigenvalue weighted by Crippen LogP contribution is 2.54. The van der Waals surface area contributed by atoms with Crippen LogP contribution in [0.4, 0.5) is 18.9 Å². The van der Waals surface area contributed by atoms with E-state index in [0.717, 1.165) is 46.2 Å². The number of rotatable bonds is 4. The molecule has 1 N–H and O–H groups in total. The molecule has 0 spiro atoms. The maximum Gasteiger partial charge on any atom is 0.416 e. The molecule has 2 saturated heterocycles. The highest BCUT2D eigenvalue weighted by molar-refractivity contribution is 8.00. The number of phenols is 1. The van der Waals surface area contributed by atoms with Crippen LogP contribution in [0.15, 0.2) is 58.4 Å². The van der Waals surface area contributed by atoms with E-state index in [2.05, 4.69) is 0 Å². The van der Waals surface area contributed by atoms with E-state index in [0.29, 0.717) is 41.8 Å². The summed E-state index contributed by atoms with van der Waals surface area (Å²) >= 11 is 1.85. The summed E-state index contributed by atoms with van der Waals surface area (Å²) in [6.07, 6.45) is -4.68. The van der Waals surface area contributed by atoms with Crippen LogP contribution in [0.3, 0.4) is 0 Å². The van der Waals surface area contributed by atoms with E-state index in [9.17, 15) is 37.5 Å². The maximum atomic E-state index is 13.9. The van der Waals surface area contributed by atoms with Crippen LogP contribution in [0.1, 0.15) is 21.9 Å². The normalized spacial score (nSPS) is 22.6. The zero-order chi connectivity index (χ0) is 29.1. The third kappa shape index (κ3) is 4.83. The zero-order valence-electron chi connectivity index (χ0n) is 21.2. The Labute approximate surface area is 239 Å². The number of hydrogen-bond donors (Lipinski definition) is 1. The van der Waals surface area contributed by atoms with Crippen LogP contribution in [0.5, 0.6) is 5.75 Å². The van der Waals surface area contributed by atoms with Crippen LogP contribution >= 0.6 is 23.1 Å². The first-order chi connectivity index (χ1) is 19.5. The zero-order valence-corrected chi connectivity index (χ0v) is 22.8. The lowest BCUT2D eigenvalue weighted by molar-refractivity contribution is -0.138. The van der Waals surface area contributed by atoms with Gasteiger partial charge in [-0.1, -0.05) is 41.3 Å². The van der Waals surface area contributed by atoms with Crippen molar-refractivity contribution < 1.29 is 37.4 Å². The summed E-state index contributed by atoms with van der Waals surface area (Å²) in [6, 6.07) is 10.0. The van der Waals surface area contributed by atoms with Gasteiger partial charge >= 0.3 is 11.0 Å². The van der Waals surface area contributed by atoms with E-state index in [1.165, 1.54) is 22.8 Å². The minimum Gasteiger partial charge on any atom is -0.508 e. The third-order valence-corrected chi connectivity index (χ3v) is 9.99. The molecule has 214 valence electrons. The number of imide groups is 1. The second kappa shape index (κ2) is 10.3. The monoisotopic (exact) mass is 605 g/mol. The van der Waals surface area contributed by atoms with E-state index < -0.39 is 45.5 Å². The molecule has 0 saturated carbocycles. The Morgan fingerprint density at radius 3 is 2.41 bits per heavy atom. The van der Waals surface area contributed by atoms with Gasteiger partial charge in [0.15, 0.2) is 0 Å². The Balaban J connectivity index is 1.43. The molecule has 3 aliphatic heterocycles. The summed E-state index contributed by atoms with van der Waals surface area (Å²) in [4.78, 5) is 56.3. The lowest BCUT2D eigenvalue weighted by Gasteiger charge is -2.31. The van der Waals surface area contributed by atoms with Gasteiger partial charge in [0.1, 0.15) is 17.5 Å². The van der Waals surface area contributed by atoms with Gasteiger partial charge in [-0.05, 0) is 35.9 Å². The Hall–Kier alpha value is -3.62. The van der Waals surface area contributed by atoms with Crippen molar-refractivity contribution in [2.24, 2.45) is 5.92 Å². The number of fused-ring (bicyclic) bond motifs is 2. The molecule has 3 aliphatic rings. The molecule has 14 heteroatoms. The Morgan fingerprint density at radius 2 is 1.73 bits per heavy atom. The molecule has 4 heterocycles. The molecular weight excluding hydrogens is 583 g/mol. The number of carbonyl (C=O) groups excluding carboxylic acids is 3. The molecule has 3 unspecified atom stereocenters. The van der Waals surface area contributed by atoms with Crippen molar-refractivity contribution in [3.63, 3.8) is 0 Å². The number of nitrogens with zero attached hydrogens (tertiary/aromatic N) is 3. The van der Waals surface area contributed by atoms with Crippen molar-refractivity contribution >= 4 is 46.5 Å². The summed E-state index contributed by atoms with van der Waals surface area (Å²) in [5.41, 5.74) is -0.653. The number of carbonyl (C=O) groups is 3. The van der Waals surface area contributed by atoms with E-state index in [-0.39, 0.29) is 23.9 Å². The van der Waals surface area contributed by atoms with Gasteiger partial charge in [-0.3, -0.25) is 23.7 Å². The molecule has 0 radical (unpaired) electrons. The van der Waals surface area contributed by atoms with Crippen LogP contribution in [-0.2, 0) is 31.8 Å². The number of anilines is 1. The van der Waals surface area contributed by atoms with Crippen LogP contribution in [0, 0.1) is 5.92 Å². The first-order valence-electron chi connectivity index (χ1n) is 12.6. The number of halogens is 3.